The van der Waals surface area contributed by atoms with Crippen LogP contribution >= 0.6 is 23.4 Å². The zero-order valence-corrected chi connectivity index (χ0v) is 18.0. The van der Waals surface area contributed by atoms with Crippen molar-refractivity contribution in [2.24, 2.45) is 4.99 Å². The fourth-order valence-electron chi connectivity index (χ4n) is 2.73. The second-order valence-electron chi connectivity index (χ2n) is 6.51. The lowest BCUT2D eigenvalue weighted by Crippen LogP contribution is -2.29. The summed E-state index contributed by atoms with van der Waals surface area (Å²) in [7, 11) is 3.11. The van der Waals surface area contributed by atoms with Crippen molar-refractivity contribution in [3.8, 4) is 17.2 Å². The molecule has 1 aliphatic rings. The maximum atomic E-state index is 13.3. The molecule has 2 aromatic carbocycles. The number of amidine groups is 1. The molecule has 0 radical (unpaired) electrons. The Morgan fingerprint density at radius 2 is 1.93 bits per heavy atom. The number of carbonyl (C=O) groups excluding carboxylic acids is 1. The number of hydrogen-bond acceptors (Lipinski definition) is 6. The molecule has 1 amide bonds. The molecule has 3 rings (SSSR count). The van der Waals surface area contributed by atoms with Crippen LogP contribution in [0.15, 0.2) is 46.3 Å². The largest absolute Gasteiger partial charge is 0.506 e. The highest BCUT2D eigenvalue weighted by Crippen LogP contribution is 2.41. The predicted molar refractivity (Wildman–Crippen MR) is 118 cm³/mol. The molecule has 0 aliphatic carbocycles. The first-order valence-electron chi connectivity index (χ1n) is 8.86. The van der Waals surface area contributed by atoms with E-state index in [0.717, 1.165) is 0 Å². The molecule has 0 saturated carbocycles. The van der Waals surface area contributed by atoms with Crippen LogP contribution < -0.4 is 14.4 Å². The molecule has 1 fully saturated rings. The number of benzene rings is 2. The molecule has 1 N–H and O–H groups in total. The number of hydrogen-bond donors (Lipinski definition) is 1. The summed E-state index contributed by atoms with van der Waals surface area (Å²) < 4.78 is 10.7. The molecule has 1 saturated heterocycles. The molecular weight excluding hydrogens is 412 g/mol. The number of rotatable bonds is 5. The van der Waals surface area contributed by atoms with E-state index in [1.807, 2.05) is 13.8 Å². The van der Waals surface area contributed by atoms with E-state index >= 15 is 0 Å². The van der Waals surface area contributed by atoms with E-state index in [1.54, 1.807) is 50.6 Å². The Hall–Kier alpha value is -2.64. The minimum absolute atomic E-state index is 0.000454. The number of methoxy groups -OCH3 is 2. The van der Waals surface area contributed by atoms with Crippen molar-refractivity contribution in [2.45, 2.75) is 19.9 Å². The second-order valence-corrected chi connectivity index (χ2v) is 7.92. The average Bonchev–Trinajstić information content (AvgIpc) is 2.98. The summed E-state index contributed by atoms with van der Waals surface area (Å²) in [4.78, 5) is 19.9. The first kappa shape index (κ1) is 21.1. The number of halogens is 1. The summed E-state index contributed by atoms with van der Waals surface area (Å²) in [6, 6.07) is 10.1. The zero-order valence-electron chi connectivity index (χ0n) is 16.5. The van der Waals surface area contributed by atoms with Crippen LogP contribution in [0.4, 0.5) is 5.69 Å². The van der Waals surface area contributed by atoms with E-state index in [9.17, 15) is 9.90 Å². The fraction of sp³-hybridized carbons (Fsp3) is 0.238. The third-order valence-electron chi connectivity index (χ3n) is 4.07. The number of aliphatic imine (C=N–C) groups is 1. The van der Waals surface area contributed by atoms with Crippen molar-refractivity contribution in [1.29, 1.82) is 0 Å². The Balaban J connectivity index is 2.07. The van der Waals surface area contributed by atoms with Gasteiger partial charge in [0.15, 0.2) is 5.17 Å². The standard InChI is InChI=1S/C21H21ClN2O4S/c1-12(2)23-21-24(16-7-6-14(27-3)11-18(16)28-4)20(26)19(29-21)10-13-5-8-17(25)15(22)9-13/h5-12,25H,1-4H3/b19-10-,23-21?. The van der Waals surface area contributed by atoms with Crippen LogP contribution in [-0.4, -0.2) is 36.4 Å². The summed E-state index contributed by atoms with van der Waals surface area (Å²) in [5.41, 5.74) is 1.29. The Kier molecular flexibility index (Phi) is 6.39. The molecule has 0 aromatic heterocycles. The van der Waals surface area contributed by atoms with Gasteiger partial charge in [0.25, 0.3) is 5.91 Å². The molecule has 8 heteroatoms. The van der Waals surface area contributed by atoms with E-state index in [1.165, 1.54) is 22.7 Å². The van der Waals surface area contributed by atoms with Gasteiger partial charge in [-0.3, -0.25) is 14.7 Å². The highest BCUT2D eigenvalue weighted by Gasteiger charge is 2.36. The normalized spacial score (nSPS) is 16.9. The minimum atomic E-state index is -0.220. The highest BCUT2D eigenvalue weighted by atomic mass is 35.5. The van der Waals surface area contributed by atoms with Crippen molar-refractivity contribution in [3.63, 3.8) is 0 Å². The molecule has 29 heavy (non-hydrogen) atoms. The lowest BCUT2D eigenvalue weighted by Gasteiger charge is -2.19. The SMILES string of the molecule is COc1ccc(N2C(=O)/C(=C/c3ccc(O)c(Cl)c3)SC2=NC(C)C)c(OC)c1. The Morgan fingerprint density at radius 3 is 2.55 bits per heavy atom. The smallest absolute Gasteiger partial charge is 0.271 e. The number of nitrogens with zero attached hydrogens (tertiary/aromatic N) is 2. The van der Waals surface area contributed by atoms with Gasteiger partial charge in [0.1, 0.15) is 17.2 Å². The van der Waals surface area contributed by atoms with Gasteiger partial charge in [0, 0.05) is 12.1 Å². The predicted octanol–water partition coefficient (Wildman–Crippen LogP) is 4.95. The van der Waals surface area contributed by atoms with Gasteiger partial charge >= 0.3 is 0 Å². The second kappa shape index (κ2) is 8.80. The molecule has 0 atom stereocenters. The van der Waals surface area contributed by atoms with Crippen LogP contribution in [-0.2, 0) is 4.79 Å². The van der Waals surface area contributed by atoms with E-state index < -0.39 is 0 Å². The van der Waals surface area contributed by atoms with Crippen molar-refractivity contribution < 1.29 is 19.4 Å². The van der Waals surface area contributed by atoms with Crippen LogP contribution in [0, 0.1) is 0 Å². The highest BCUT2D eigenvalue weighted by molar-refractivity contribution is 8.19. The number of phenolic OH excluding ortho intramolecular Hbond substituents is 1. The van der Waals surface area contributed by atoms with Crippen molar-refractivity contribution in [1.82, 2.24) is 0 Å². The number of thioether (sulfide) groups is 1. The number of aromatic hydroxyl groups is 1. The van der Waals surface area contributed by atoms with E-state index in [-0.39, 0.29) is 22.7 Å². The van der Waals surface area contributed by atoms with Crippen LogP contribution in [0.5, 0.6) is 17.2 Å². The summed E-state index contributed by atoms with van der Waals surface area (Å²) in [5, 5.41) is 10.4. The minimum Gasteiger partial charge on any atom is -0.506 e. The van der Waals surface area contributed by atoms with Crippen LogP contribution in [0.2, 0.25) is 5.02 Å². The quantitative estimate of drug-likeness (QED) is 0.677. The maximum Gasteiger partial charge on any atom is 0.271 e. The molecular formula is C21H21ClN2O4S. The van der Waals surface area contributed by atoms with Crippen LogP contribution in [0.25, 0.3) is 6.08 Å². The van der Waals surface area contributed by atoms with Gasteiger partial charge in [0.2, 0.25) is 0 Å². The summed E-state index contributed by atoms with van der Waals surface area (Å²) >= 11 is 7.27. The van der Waals surface area contributed by atoms with Gasteiger partial charge in [-0.05, 0) is 61.5 Å². The van der Waals surface area contributed by atoms with Gasteiger partial charge in [-0.15, -0.1) is 0 Å². The molecule has 0 spiro atoms. The molecule has 152 valence electrons. The Labute approximate surface area is 178 Å². The lowest BCUT2D eigenvalue weighted by atomic mass is 10.2. The van der Waals surface area contributed by atoms with Gasteiger partial charge in [0.05, 0.1) is 29.8 Å². The first-order valence-corrected chi connectivity index (χ1v) is 10.1. The maximum absolute atomic E-state index is 13.3. The third kappa shape index (κ3) is 4.52. The molecule has 6 nitrogen and oxygen atoms in total. The number of carbonyl (C=O) groups is 1. The Bertz CT molecular complexity index is 1000. The molecule has 1 heterocycles. The Morgan fingerprint density at radius 1 is 1.17 bits per heavy atom. The fourth-order valence-corrected chi connectivity index (χ4v) is 4.02. The number of amides is 1. The molecule has 2 aromatic rings. The summed E-state index contributed by atoms with van der Waals surface area (Å²) in [6.07, 6.45) is 1.73. The topological polar surface area (TPSA) is 71.4 Å². The molecule has 0 bridgehead atoms. The van der Waals surface area contributed by atoms with Crippen molar-refractivity contribution in [3.05, 3.63) is 51.9 Å². The number of anilines is 1. The zero-order chi connectivity index (χ0) is 21.1. The number of phenols is 1. The van der Waals surface area contributed by atoms with Gasteiger partial charge in [-0.1, -0.05) is 17.7 Å². The van der Waals surface area contributed by atoms with E-state index in [2.05, 4.69) is 4.99 Å². The van der Waals surface area contributed by atoms with Crippen LogP contribution in [0.3, 0.4) is 0 Å². The van der Waals surface area contributed by atoms with Gasteiger partial charge in [-0.25, -0.2) is 0 Å². The van der Waals surface area contributed by atoms with E-state index in [4.69, 9.17) is 21.1 Å². The first-order chi connectivity index (χ1) is 13.8. The molecule has 0 unspecified atom stereocenters. The summed E-state index contributed by atoms with van der Waals surface area (Å²) in [6.45, 7) is 3.89. The van der Waals surface area contributed by atoms with E-state index in [0.29, 0.717) is 32.8 Å². The van der Waals surface area contributed by atoms with Crippen molar-refractivity contribution in [2.75, 3.05) is 19.1 Å². The third-order valence-corrected chi connectivity index (χ3v) is 5.36. The van der Waals surface area contributed by atoms with Crippen molar-refractivity contribution >= 4 is 46.2 Å². The van der Waals surface area contributed by atoms with Crippen LogP contribution in [0.1, 0.15) is 19.4 Å². The lowest BCUT2D eigenvalue weighted by molar-refractivity contribution is -0.113. The van der Waals surface area contributed by atoms with Gasteiger partial charge < -0.3 is 14.6 Å². The number of ether oxygens (including phenoxy) is 2. The monoisotopic (exact) mass is 432 g/mol. The average molecular weight is 433 g/mol. The van der Waals surface area contributed by atoms with Gasteiger partial charge in [-0.2, -0.15) is 0 Å². The molecule has 1 aliphatic heterocycles. The summed E-state index contributed by atoms with van der Waals surface area (Å²) in [5.74, 6) is 0.901.